The van der Waals surface area contributed by atoms with Crippen molar-refractivity contribution in [2.24, 2.45) is 5.73 Å². The average Bonchev–Trinajstić information content (AvgIpc) is 2.53. The zero-order valence-electron chi connectivity index (χ0n) is 14.7. The van der Waals surface area contributed by atoms with Gasteiger partial charge in [-0.1, -0.05) is 0 Å². The fourth-order valence-electron chi connectivity index (χ4n) is 1.76. The van der Waals surface area contributed by atoms with Gasteiger partial charge >= 0.3 is 5.97 Å². The summed E-state index contributed by atoms with van der Waals surface area (Å²) in [5, 5.41) is 43.3. The quantitative estimate of drug-likeness (QED) is 0.184. The molecule has 12 nitrogen and oxygen atoms in total. The molecule has 0 aromatic rings. The lowest BCUT2D eigenvalue weighted by Crippen LogP contribution is -2.58. The van der Waals surface area contributed by atoms with E-state index in [-0.39, 0.29) is 0 Å². The van der Waals surface area contributed by atoms with Crippen LogP contribution in [0.1, 0.15) is 20.8 Å². The van der Waals surface area contributed by atoms with Crippen LogP contribution in [0, 0.1) is 0 Å². The first-order valence-corrected chi connectivity index (χ1v) is 7.78. The molecule has 0 saturated carbocycles. The second kappa shape index (κ2) is 10.7. The number of carboxylic acid groups (broad SMARTS) is 1. The average molecular weight is 378 g/mol. The molecule has 0 heterocycles. The highest BCUT2D eigenvalue weighted by atomic mass is 16.4. The van der Waals surface area contributed by atoms with Crippen LogP contribution in [-0.2, 0) is 19.2 Å². The summed E-state index contributed by atoms with van der Waals surface area (Å²) < 4.78 is 0. The minimum Gasteiger partial charge on any atom is -0.480 e. The van der Waals surface area contributed by atoms with Gasteiger partial charge in [0.25, 0.3) is 0 Å². The maximum atomic E-state index is 12.0. The van der Waals surface area contributed by atoms with E-state index in [4.69, 9.17) is 10.8 Å². The molecule has 0 fully saturated rings. The molecule has 6 unspecified atom stereocenters. The second-order valence-corrected chi connectivity index (χ2v) is 5.84. The van der Waals surface area contributed by atoms with Gasteiger partial charge in [-0.15, -0.1) is 0 Å². The molecule has 0 aliphatic rings. The molecule has 6 atom stereocenters. The third-order valence-electron chi connectivity index (χ3n) is 3.37. The highest BCUT2D eigenvalue weighted by Gasteiger charge is 2.30. The summed E-state index contributed by atoms with van der Waals surface area (Å²) in [5.41, 5.74) is 5.42. The normalized spacial score (nSPS) is 17.8. The standard InChI is InChI=1S/C14H26N4O8/c1-5(19)9(15)12(23)18-10(6(2)20)13(24)16-4-8(22)17-11(7(3)21)14(25)26/h5-7,9-11,19-21H,4,15H2,1-3H3,(H,16,24)(H,17,22)(H,18,23)(H,25,26). The molecule has 9 N–H and O–H groups in total. The fraction of sp³-hybridized carbons (Fsp3) is 0.714. The number of aliphatic hydroxyl groups is 3. The third-order valence-corrected chi connectivity index (χ3v) is 3.37. The molecule has 3 amide bonds. The van der Waals surface area contributed by atoms with Crippen LogP contribution < -0.4 is 21.7 Å². The van der Waals surface area contributed by atoms with E-state index in [9.17, 15) is 34.5 Å². The van der Waals surface area contributed by atoms with Gasteiger partial charge in [-0.2, -0.15) is 0 Å². The van der Waals surface area contributed by atoms with Crippen molar-refractivity contribution in [2.45, 2.75) is 57.2 Å². The Morgan fingerprint density at radius 3 is 1.73 bits per heavy atom. The Kier molecular flexibility index (Phi) is 9.72. The van der Waals surface area contributed by atoms with Crippen LogP contribution in [0.15, 0.2) is 0 Å². The van der Waals surface area contributed by atoms with Crippen LogP contribution in [-0.4, -0.2) is 87.1 Å². The molecule has 0 aromatic carbocycles. The van der Waals surface area contributed by atoms with Crippen molar-refractivity contribution in [1.82, 2.24) is 16.0 Å². The van der Waals surface area contributed by atoms with Crippen LogP contribution in [0.4, 0.5) is 0 Å². The Morgan fingerprint density at radius 2 is 1.35 bits per heavy atom. The van der Waals surface area contributed by atoms with Crippen LogP contribution in [0.3, 0.4) is 0 Å². The van der Waals surface area contributed by atoms with E-state index in [1.54, 1.807) is 0 Å². The Bertz CT molecular complexity index is 523. The number of amides is 3. The van der Waals surface area contributed by atoms with E-state index < -0.39 is 66.7 Å². The van der Waals surface area contributed by atoms with E-state index in [1.165, 1.54) is 20.8 Å². The molecule has 0 radical (unpaired) electrons. The minimum absolute atomic E-state index is 0.656. The van der Waals surface area contributed by atoms with Gasteiger partial charge < -0.3 is 42.1 Å². The molecule has 0 aromatic heterocycles. The van der Waals surface area contributed by atoms with Gasteiger partial charge in [-0.3, -0.25) is 14.4 Å². The number of carbonyl (C=O) groups is 4. The van der Waals surface area contributed by atoms with Gasteiger partial charge in [-0.05, 0) is 20.8 Å². The maximum absolute atomic E-state index is 12.0. The first-order valence-electron chi connectivity index (χ1n) is 7.78. The molecule has 0 rings (SSSR count). The SMILES string of the molecule is CC(O)C(N)C(=O)NC(C(=O)NCC(=O)NC(C(=O)O)C(C)O)C(C)O. The maximum Gasteiger partial charge on any atom is 0.328 e. The number of carbonyl (C=O) groups excluding carboxylic acids is 3. The van der Waals surface area contributed by atoms with Crippen LogP contribution >= 0.6 is 0 Å². The zero-order chi connectivity index (χ0) is 20.6. The van der Waals surface area contributed by atoms with Gasteiger partial charge in [0.15, 0.2) is 6.04 Å². The molecule has 26 heavy (non-hydrogen) atoms. The van der Waals surface area contributed by atoms with Gasteiger partial charge in [0.1, 0.15) is 12.1 Å². The smallest absolute Gasteiger partial charge is 0.328 e. The first kappa shape index (κ1) is 23.7. The molecular weight excluding hydrogens is 352 g/mol. The van der Waals surface area contributed by atoms with Crippen molar-refractivity contribution < 1.29 is 39.6 Å². The predicted molar refractivity (Wildman–Crippen MR) is 87.5 cm³/mol. The van der Waals surface area contributed by atoms with Gasteiger partial charge in [-0.25, -0.2) is 4.79 Å². The highest BCUT2D eigenvalue weighted by Crippen LogP contribution is 1.97. The lowest BCUT2D eigenvalue weighted by Gasteiger charge is -2.23. The third kappa shape index (κ3) is 7.74. The van der Waals surface area contributed by atoms with E-state index in [0.29, 0.717) is 0 Å². The largest absolute Gasteiger partial charge is 0.480 e. The molecular formula is C14H26N4O8. The molecule has 0 spiro atoms. The molecule has 0 aliphatic carbocycles. The number of hydrogen-bond acceptors (Lipinski definition) is 8. The summed E-state index contributed by atoms with van der Waals surface area (Å²) in [6.07, 6.45) is -3.89. The van der Waals surface area contributed by atoms with Crippen LogP contribution in [0.5, 0.6) is 0 Å². The Hall–Kier alpha value is -2.28. The van der Waals surface area contributed by atoms with E-state index in [0.717, 1.165) is 0 Å². The Labute approximate surface area is 149 Å². The first-order chi connectivity index (χ1) is 11.9. The summed E-state index contributed by atoms with van der Waals surface area (Å²) >= 11 is 0. The molecule has 0 saturated heterocycles. The van der Waals surface area contributed by atoms with Crippen molar-refractivity contribution in [3.8, 4) is 0 Å². The number of hydrogen-bond donors (Lipinski definition) is 8. The predicted octanol–water partition coefficient (Wildman–Crippen LogP) is -4.37. The van der Waals surface area contributed by atoms with Crippen LogP contribution in [0.25, 0.3) is 0 Å². The van der Waals surface area contributed by atoms with E-state index in [1.807, 2.05) is 5.32 Å². The van der Waals surface area contributed by atoms with Gasteiger partial charge in [0.2, 0.25) is 17.7 Å². The topological polar surface area (TPSA) is 211 Å². The van der Waals surface area contributed by atoms with E-state index >= 15 is 0 Å². The summed E-state index contributed by atoms with van der Waals surface area (Å²) in [6, 6.07) is -4.34. The Balaban J connectivity index is 4.75. The molecule has 150 valence electrons. The van der Waals surface area contributed by atoms with Crippen molar-refractivity contribution in [1.29, 1.82) is 0 Å². The zero-order valence-corrected chi connectivity index (χ0v) is 14.7. The van der Waals surface area contributed by atoms with Crippen LogP contribution in [0.2, 0.25) is 0 Å². The molecule has 0 bridgehead atoms. The number of nitrogens with two attached hydrogens (primary N) is 1. The minimum atomic E-state index is -1.56. The lowest BCUT2D eigenvalue weighted by atomic mass is 10.1. The second-order valence-electron chi connectivity index (χ2n) is 5.84. The van der Waals surface area contributed by atoms with Crippen molar-refractivity contribution >= 4 is 23.7 Å². The fourth-order valence-corrected chi connectivity index (χ4v) is 1.76. The van der Waals surface area contributed by atoms with Gasteiger partial charge in [0.05, 0.1) is 24.9 Å². The Morgan fingerprint density at radius 1 is 0.846 bits per heavy atom. The number of rotatable bonds is 10. The van der Waals surface area contributed by atoms with Crippen molar-refractivity contribution in [3.63, 3.8) is 0 Å². The molecule has 12 heteroatoms. The van der Waals surface area contributed by atoms with E-state index in [2.05, 4.69) is 10.6 Å². The number of aliphatic hydroxyl groups excluding tert-OH is 3. The number of nitrogens with one attached hydrogen (secondary N) is 3. The number of aliphatic carboxylic acids is 1. The highest BCUT2D eigenvalue weighted by molar-refractivity contribution is 5.93. The summed E-state index contributed by atoms with van der Waals surface area (Å²) in [7, 11) is 0. The summed E-state index contributed by atoms with van der Waals surface area (Å²) in [6.45, 7) is 3.00. The summed E-state index contributed by atoms with van der Waals surface area (Å²) in [4.78, 5) is 46.4. The monoisotopic (exact) mass is 378 g/mol. The van der Waals surface area contributed by atoms with Gasteiger partial charge in [0, 0.05) is 0 Å². The van der Waals surface area contributed by atoms with Crippen molar-refractivity contribution in [3.05, 3.63) is 0 Å². The van der Waals surface area contributed by atoms with Crippen molar-refractivity contribution in [2.75, 3.05) is 6.54 Å². The summed E-state index contributed by atoms with van der Waals surface area (Å²) in [5.74, 6) is -4.17. The number of carboxylic acids is 1. The lowest BCUT2D eigenvalue weighted by molar-refractivity contribution is -0.144. The molecule has 0 aliphatic heterocycles.